The second kappa shape index (κ2) is 5.71. The minimum atomic E-state index is -0.192. The van der Waals surface area contributed by atoms with Crippen molar-refractivity contribution in [2.45, 2.75) is 56.2 Å². The van der Waals surface area contributed by atoms with Crippen LogP contribution in [0.4, 0.5) is 0 Å². The van der Waals surface area contributed by atoms with Crippen LogP contribution >= 0.6 is 11.8 Å². The zero-order chi connectivity index (χ0) is 11.4. The Labute approximate surface area is 102 Å². The van der Waals surface area contributed by atoms with Crippen molar-refractivity contribution >= 4 is 11.8 Å². The van der Waals surface area contributed by atoms with Crippen LogP contribution in [0.3, 0.4) is 0 Å². The molecule has 1 aliphatic heterocycles. The summed E-state index contributed by atoms with van der Waals surface area (Å²) >= 11 is 1.96. The van der Waals surface area contributed by atoms with Gasteiger partial charge in [-0.05, 0) is 25.8 Å². The normalized spacial score (nSPS) is 30.0. The molecule has 2 aliphatic rings. The molecule has 0 radical (unpaired) electrons. The SMILES string of the molecule is CC(CCN)SCC1COC2(CCCC2)O1. The lowest BCUT2D eigenvalue weighted by atomic mass is 10.2. The smallest absolute Gasteiger partial charge is 0.168 e. The third-order valence-electron chi connectivity index (χ3n) is 3.42. The van der Waals surface area contributed by atoms with Crippen molar-refractivity contribution < 1.29 is 9.47 Å². The predicted molar refractivity (Wildman–Crippen MR) is 67.6 cm³/mol. The molecule has 0 amide bonds. The van der Waals surface area contributed by atoms with Crippen molar-refractivity contribution in [1.29, 1.82) is 0 Å². The van der Waals surface area contributed by atoms with Gasteiger partial charge in [0.15, 0.2) is 5.79 Å². The van der Waals surface area contributed by atoms with Gasteiger partial charge in [-0.1, -0.05) is 6.92 Å². The Morgan fingerprint density at radius 3 is 2.88 bits per heavy atom. The van der Waals surface area contributed by atoms with Gasteiger partial charge in [-0.2, -0.15) is 11.8 Å². The molecule has 1 aliphatic carbocycles. The van der Waals surface area contributed by atoms with E-state index in [9.17, 15) is 0 Å². The Kier molecular flexibility index (Phi) is 4.53. The number of hydrogen-bond donors (Lipinski definition) is 1. The van der Waals surface area contributed by atoms with Gasteiger partial charge >= 0.3 is 0 Å². The topological polar surface area (TPSA) is 44.5 Å². The fourth-order valence-corrected chi connectivity index (χ4v) is 3.47. The van der Waals surface area contributed by atoms with Gasteiger partial charge in [0.05, 0.1) is 12.7 Å². The van der Waals surface area contributed by atoms with Gasteiger partial charge in [0.1, 0.15) is 0 Å². The quantitative estimate of drug-likeness (QED) is 0.806. The third kappa shape index (κ3) is 3.13. The van der Waals surface area contributed by atoms with Crippen LogP contribution in [0.15, 0.2) is 0 Å². The second-order valence-electron chi connectivity index (χ2n) is 4.89. The van der Waals surface area contributed by atoms with Crippen LogP contribution in [0.5, 0.6) is 0 Å². The number of rotatable bonds is 5. The molecular weight excluding hydrogens is 222 g/mol. The Balaban J connectivity index is 1.68. The molecule has 1 saturated carbocycles. The zero-order valence-corrected chi connectivity index (χ0v) is 10.9. The molecule has 0 aromatic rings. The molecule has 2 fully saturated rings. The summed E-state index contributed by atoms with van der Waals surface area (Å²) in [6.45, 7) is 3.79. The molecule has 2 unspecified atom stereocenters. The highest BCUT2D eigenvalue weighted by molar-refractivity contribution is 7.99. The number of thioether (sulfide) groups is 1. The largest absolute Gasteiger partial charge is 0.347 e. The lowest BCUT2D eigenvalue weighted by molar-refractivity contribution is -0.159. The molecule has 2 N–H and O–H groups in total. The predicted octanol–water partition coefficient (Wildman–Crippen LogP) is 2.14. The molecule has 1 heterocycles. The Morgan fingerprint density at radius 2 is 2.19 bits per heavy atom. The summed E-state index contributed by atoms with van der Waals surface area (Å²) < 4.78 is 11.9. The van der Waals surface area contributed by atoms with Crippen molar-refractivity contribution in [2.75, 3.05) is 18.9 Å². The summed E-state index contributed by atoms with van der Waals surface area (Å²) in [6.07, 6.45) is 6.07. The first-order valence-corrected chi connectivity index (χ1v) is 7.42. The van der Waals surface area contributed by atoms with E-state index in [0.717, 1.165) is 38.2 Å². The number of hydrogen-bond acceptors (Lipinski definition) is 4. The van der Waals surface area contributed by atoms with Crippen LogP contribution in [0.1, 0.15) is 39.0 Å². The minimum Gasteiger partial charge on any atom is -0.347 e. The molecule has 4 heteroatoms. The van der Waals surface area contributed by atoms with E-state index in [4.69, 9.17) is 15.2 Å². The van der Waals surface area contributed by atoms with Crippen LogP contribution in [0.25, 0.3) is 0 Å². The van der Waals surface area contributed by atoms with Crippen molar-refractivity contribution in [3.8, 4) is 0 Å². The first-order chi connectivity index (χ1) is 7.74. The summed E-state index contributed by atoms with van der Waals surface area (Å²) in [5.41, 5.74) is 5.54. The molecule has 16 heavy (non-hydrogen) atoms. The third-order valence-corrected chi connectivity index (χ3v) is 4.79. The zero-order valence-electron chi connectivity index (χ0n) is 10.1. The van der Waals surface area contributed by atoms with Crippen LogP contribution in [0, 0.1) is 0 Å². The van der Waals surface area contributed by atoms with E-state index in [0.29, 0.717) is 11.4 Å². The molecular formula is C12H23NO2S. The summed E-state index contributed by atoms with van der Waals surface area (Å²) in [6, 6.07) is 0. The van der Waals surface area contributed by atoms with E-state index >= 15 is 0 Å². The van der Waals surface area contributed by atoms with E-state index in [1.165, 1.54) is 12.8 Å². The highest BCUT2D eigenvalue weighted by Crippen LogP contribution is 2.39. The van der Waals surface area contributed by atoms with Gasteiger partial charge in [-0.15, -0.1) is 0 Å². The molecule has 0 aromatic carbocycles. The first-order valence-electron chi connectivity index (χ1n) is 6.37. The van der Waals surface area contributed by atoms with Gasteiger partial charge in [0.2, 0.25) is 0 Å². The van der Waals surface area contributed by atoms with Gasteiger partial charge < -0.3 is 15.2 Å². The fourth-order valence-electron chi connectivity index (χ4n) is 2.46. The molecule has 1 spiro atoms. The van der Waals surface area contributed by atoms with Crippen molar-refractivity contribution in [2.24, 2.45) is 5.73 Å². The van der Waals surface area contributed by atoms with Crippen LogP contribution in [-0.4, -0.2) is 36.0 Å². The van der Waals surface area contributed by atoms with E-state index in [1.807, 2.05) is 11.8 Å². The van der Waals surface area contributed by atoms with E-state index in [-0.39, 0.29) is 5.79 Å². The molecule has 3 nitrogen and oxygen atoms in total. The van der Waals surface area contributed by atoms with Crippen molar-refractivity contribution in [3.63, 3.8) is 0 Å². The van der Waals surface area contributed by atoms with Crippen LogP contribution < -0.4 is 5.73 Å². The summed E-state index contributed by atoms with van der Waals surface area (Å²) in [5, 5.41) is 0.633. The number of nitrogens with two attached hydrogens (primary N) is 1. The van der Waals surface area contributed by atoms with Gasteiger partial charge in [0, 0.05) is 23.8 Å². The maximum Gasteiger partial charge on any atom is 0.168 e. The standard InChI is InChI=1S/C12H23NO2S/c1-10(4-7-13)16-9-11-8-14-12(15-11)5-2-3-6-12/h10-11H,2-9,13H2,1H3. The highest BCUT2D eigenvalue weighted by atomic mass is 32.2. The number of ether oxygens (including phenoxy) is 2. The summed E-state index contributed by atoms with van der Waals surface area (Å²) in [7, 11) is 0. The molecule has 0 bridgehead atoms. The Hall–Kier alpha value is 0.230. The molecule has 94 valence electrons. The second-order valence-corrected chi connectivity index (χ2v) is 6.36. The van der Waals surface area contributed by atoms with E-state index in [2.05, 4.69) is 6.92 Å². The van der Waals surface area contributed by atoms with Crippen LogP contribution in [0.2, 0.25) is 0 Å². The maximum absolute atomic E-state index is 6.06. The molecule has 2 rings (SSSR count). The molecule has 1 saturated heterocycles. The average molecular weight is 245 g/mol. The van der Waals surface area contributed by atoms with Gasteiger partial charge in [0.25, 0.3) is 0 Å². The van der Waals surface area contributed by atoms with Gasteiger partial charge in [-0.3, -0.25) is 0 Å². The highest BCUT2D eigenvalue weighted by Gasteiger charge is 2.43. The van der Waals surface area contributed by atoms with E-state index < -0.39 is 0 Å². The summed E-state index contributed by atoms with van der Waals surface area (Å²) in [4.78, 5) is 0. The van der Waals surface area contributed by atoms with Crippen molar-refractivity contribution in [3.05, 3.63) is 0 Å². The maximum atomic E-state index is 6.06. The van der Waals surface area contributed by atoms with E-state index in [1.54, 1.807) is 0 Å². The first kappa shape index (κ1) is 12.7. The Morgan fingerprint density at radius 1 is 1.44 bits per heavy atom. The summed E-state index contributed by atoms with van der Waals surface area (Å²) in [5.74, 6) is 0.852. The average Bonchev–Trinajstić information content (AvgIpc) is 2.88. The van der Waals surface area contributed by atoms with Crippen molar-refractivity contribution in [1.82, 2.24) is 0 Å². The lowest BCUT2D eigenvalue weighted by Crippen LogP contribution is -2.27. The van der Waals surface area contributed by atoms with Gasteiger partial charge in [-0.25, -0.2) is 0 Å². The fraction of sp³-hybridized carbons (Fsp3) is 1.00. The minimum absolute atomic E-state index is 0.192. The lowest BCUT2D eigenvalue weighted by Gasteiger charge is -2.22. The Bertz CT molecular complexity index is 219. The molecule has 0 aromatic heterocycles. The monoisotopic (exact) mass is 245 g/mol. The van der Waals surface area contributed by atoms with Crippen LogP contribution in [-0.2, 0) is 9.47 Å². The molecule has 2 atom stereocenters.